The average Bonchev–Trinajstić information content (AvgIpc) is 3.73. The monoisotopic (exact) mass is 727 g/mol. The zero-order valence-corrected chi connectivity index (χ0v) is 31.1. The number of phenols is 2. The van der Waals surface area contributed by atoms with Gasteiger partial charge in [0.15, 0.2) is 23.1 Å². The number of Topliss-reactive ketones (excluding diaryl/α,β-unsaturated/α-hetero) is 1. The molecule has 4 aromatic carbocycles. The molecular weight excluding hydrogens is 675 g/mol. The van der Waals surface area contributed by atoms with Gasteiger partial charge in [-0.2, -0.15) is 0 Å². The molecule has 0 aliphatic rings. The number of aromatic nitrogens is 1. The van der Waals surface area contributed by atoms with Crippen molar-refractivity contribution in [3.05, 3.63) is 161 Å². The van der Waals surface area contributed by atoms with E-state index in [2.05, 4.69) is 36.2 Å². The lowest BCUT2D eigenvalue weighted by atomic mass is 9.84. The Bertz CT molecular complexity index is 1950. The van der Waals surface area contributed by atoms with E-state index in [4.69, 9.17) is 16.2 Å². The van der Waals surface area contributed by atoms with Crippen LogP contribution in [0.2, 0.25) is 0 Å². The minimum absolute atomic E-state index is 0.0262. The molecule has 5 rings (SSSR count). The number of aromatic hydroxyl groups is 2. The normalized spacial score (nSPS) is 12.6. The fraction of sp³-hybridized carbons (Fsp3) is 0.304. The zero-order valence-electron chi connectivity index (χ0n) is 31.1. The van der Waals surface area contributed by atoms with E-state index in [-0.39, 0.29) is 36.1 Å². The molecule has 0 saturated heterocycles. The molecule has 0 aliphatic heterocycles. The highest BCUT2D eigenvalue weighted by atomic mass is 16.5. The third-order valence-corrected chi connectivity index (χ3v) is 9.97. The van der Waals surface area contributed by atoms with Crippen LogP contribution in [0.25, 0.3) is 0 Å². The van der Waals surface area contributed by atoms with Crippen molar-refractivity contribution in [1.82, 2.24) is 4.98 Å². The SMILES string of the molecule is C[C@H](CCC/C=C/C(=O)CCc1ccc(O)c(OCCc2ccc(O)c([C@H](CC(=O)c3cc[nH]c3)c3ccc(C(N)N)cc3)c2)c1)CCc1ccccc1. The van der Waals surface area contributed by atoms with Crippen molar-refractivity contribution in [2.75, 3.05) is 6.61 Å². The number of aryl methyl sites for hydroxylation is 2. The molecule has 54 heavy (non-hydrogen) atoms. The summed E-state index contributed by atoms with van der Waals surface area (Å²) in [5.74, 6) is 0.714. The molecule has 1 aromatic heterocycles. The zero-order chi connectivity index (χ0) is 38.3. The summed E-state index contributed by atoms with van der Waals surface area (Å²) in [7, 11) is 0. The minimum Gasteiger partial charge on any atom is -0.508 e. The summed E-state index contributed by atoms with van der Waals surface area (Å²) < 4.78 is 6.01. The maximum Gasteiger partial charge on any atom is 0.165 e. The summed E-state index contributed by atoms with van der Waals surface area (Å²) in [4.78, 5) is 28.8. The molecule has 7 N–H and O–H groups in total. The Kier molecular flexibility index (Phi) is 14.8. The number of rotatable bonds is 21. The molecule has 0 amide bonds. The molecule has 2 atom stereocenters. The van der Waals surface area contributed by atoms with Gasteiger partial charge in [0.25, 0.3) is 0 Å². The van der Waals surface area contributed by atoms with Crippen molar-refractivity contribution in [2.24, 2.45) is 17.4 Å². The number of unbranched alkanes of at least 4 members (excludes halogenated alkanes) is 1. The van der Waals surface area contributed by atoms with Crippen molar-refractivity contribution >= 4 is 11.6 Å². The minimum atomic E-state index is -0.620. The Morgan fingerprint density at radius 3 is 2.24 bits per heavy atom. The Labute approximate surface area is 318 Å². The Morgan fingerprint density at radius 2 is 1.52 bits per heavy atom. The van der Waals surface area contributed by atoms with Gasteiger partial charge in [0, 0.05) is 48.7 Å². The predicted octanol–water partition coefficient (Wildman–Crippen LogP) is 8.87. The fourth-order valence-corrected chi connectivity index (χ4v) is 6.66. The molecule has 8 heteroatoms. The van der Waals surface area contributed by atoms with Crippen molar-refractivity contribution in [1.29, 1.82) is 0 Å². The third kappa shape index (κ3) is 12.0. The number of carbonyl (C=O) groups excluding carboxylic acids is 2. The number of hydrogen-bond donors (Lipinski definition) is 5. The second kappa shape index (κ2) is 20.1. The first-order valence-electron chi connectivity index (χ1n) is 18.9. The van der Waals surface area contributed by atoms with E-state index >= 15 is 0 Å². The number of nitrogens with two attached hydrogens (primary N) is 2. The van der Waals surface area contributed by atoms with Crippen LogP contribution >= 0.6 is 0 Å². The maximum absolute atomic E-state index is 13.2. The fourth-order valence-electron chi connectivity index (χ4n) is 6.66. The van der Waals surface area contributed by atoms with Gasteiger partial charge in [-0.25, -0.2) is 0 Å². The van der Waals surface area contributed by atoms with Crippen molar-refractivity contribution in [3.8, 4) is 17.2 Å². The topological polar surface area (TPSA) is 152 Å². The highest BCUT2D eigenvalue weighted by Crippen LogP contribution is 2.36. The molecular formula is C46H53N3O5. The van der Waals surface area contributed by atoms with Gasteiger partial charge >= 0.3 is 0 Å². The Morgan fingerprint density at radius 1 is 0.796 bits per heavy atom. The Balaban J connectivity index is 1.12. The van der Waals surface area contributed by atoms with Gasteiger partial charge in [0.2, 0.25) is 0 Å². The predicted molar refractivity (Wildman–Crippen MR) is 215 cm³/mol. The highest BCUT2D eigenvalue weighted by Gasteiger charge is 2.23. The second-order valence-corrected chi connectivity index (χ2v) is 14.2. The molecule has 0 fully saturated rings. The molecule has 5 aromatic rings. The summed E-state index contributed by atoms with van der Waals surface area (Å²) in [5.41, 5.74) is 17.7. The third-order valence-electron chi connectivity index (χ3n) is 9.97. The quantitative estimate of drug-likeness (QED) is 0.0219. The number of carbonyl (C=O) groups is 2. The van der Waals surface area contributed by atoms with Gasteiger partial charge in [0.05, 0.1) is 12.8 Å². The van der Waals surface area contributed by atoms with E-state index in [0.29, 0.717) is 42.1 Å². The van der Waals surface area contributed by atoms with Crippen molar-refractivity contribution in [3.63, 3.8) is 0 Å². The lowest BCUT2D eigenvalue weighted by molar-refractivity contribution is -0.114. The van der Waals surface area contributed by atoms with E-state index in [9.17, 15) is 19.8 Å². The number of nitrogens with one attached hydrogen (secondary N) is 1. The van der Waals surface area contributed by atoms with E-state index in [1.807, 2.05) is 54.6 Å². The molecule has 0 radical (unpaired) electrons. The average molecular weight is 728 g/mol. The summed E-state index contributed by atoms with van der Waals surface area (Å²) in [5, 5.41) is 21.5. The molecule has 0 spiro atoms. The number of benzene rings is 4. The van der Waals surface area contributed by atoms with Crippen LogP contribution in [-0.2, 0) is 24.1 Å². The van der Waals surface area contributed by atoms with Crippen LogP contribution in [0.4, 0.5) is 0 Å². The lowest BCUT2D eigenvalue weighted by Gasteiger charge is -2.20. The number of allylic oxidation sites excluding steroid dienone is 2. The lowest BCUT2D eigenvalue weighted by Crippen LogP contribution is -2.20. The summed E-state index contributed by atoms with van der Waals surface area (Å²) in [6.07, 6.45) is 13.4. The first-order valence-corrected chi connectivity index (χ1v) is 18.9. The van der Waals surface area contributed by atoms with Gasteiger partial charge in [-0.1, -0.05) is 92.2 Å². The number of phenolic OH excluding ortho intramolecular Hbond substituents is 2. The maximum atomic E-state index is 13.2. The molecule has 0 unspecified atom stereocenters. The van der Waals surface area contributed by atoms with Crippen LogP contribution in [0.3, 0.4) is 0 Å². The van der Waals surface area contributed by atoms with Crippen LogP contribution in [-0.4, -0.2) is 33.4 Å². The molecule has 8 nitrogen and oxygen atoms in total. The van der Waals surface area contributed by atoms with Gasteiger partial charge in [-0.15, -0.1) is 0 Å². The smallest absolute Gasteiger partial charge is 0.165 e. The van der Waals surface area contributed by atoms with Crippen LogP contribution in [0.15, 0.2) is 122 Å². The number of H-pyrrole nitrogens is 1. The number of hydrogen-bond acceptors (Lipinski definition) is 7. The van der Waals surface area contributed by atoms with Gasteiger partial charge in [0.1, 0.15) is 5.75 Å². The van der Waals surface area contributed by atoms with E-state index in [1.165, 1.54) is 12.0 Å². The molecule has 282 valence electrons. The van der Waals surface area contributed by atoms with Crippen LogP contribution in [0.5, 0.6) is 17.2 Å². The van der Waals surface area contributed by atoms with Gasteiger partial charge in [-0.05, 0) is 96.2 Å². The first-order chi connectivity index (χ1) is 26.2. The van der Waals surface area contributed by atoms with Crippen LogP contribution in [0, 0.1) is 5.92 Å². The van der Waals surface area contributed by atoms with Gasteiger partial charge < -0.3 is 31.4 Å². The Hall–Kier alpha value is -5.44. The standard InChI is InChI=1S/C46H53N3O5/c1-32(12-13-33-9-5-3-6-10-33)8-4-2-7-11-39(50)21-14-34-16-23-43(52)45(29-34)54-27-25-35-15-22-42(51)41(28-35)40(30-44(53)38-24-26-49-31-38)36-17-19-37(20-18-36)46(47)48/h3,5-7,9-11,15-20,22-24,26,28-29,31-32,40,46,49,51-52H,2,4,8,12-14,21,25,27,30,47-48H2,1H3/b11-7+/t32-,40-/m1/s1. The molecule has 0 aliphatic carbocycles. The van der Waals surface area contributed by atoms with Crippen molar-refractivity contribution in [2.45, 2.75) is 76.8 Å². The summed E-state index contributed by atoms with van der Waals surface area (Å²) >= 11 is 0. The molecule has 0 bridgehead atoms. The molecule has 1 heterocycles. The van der Waals surface area contributed by atoms with E-state index < -0.39 is 12.1 Å². The first kappa shape index (κ1) is 39.8. The van der Waals surface area contributed by atoms with Crippen LogP contribution < -0.4 is 16.2 Å². The van der Waals surface area contributed by atoms with E-state index in [0.717, 1.165) is 47.9 Å². The van der Waals surface area contributed by atoms with Crippen molar-refractivity contribution < 1.29 is 24.5 Å². The number of ether oxygens (including phenoxy) is 1. The number of ketones is 2. The van der Waals surface area contributed by atoms with Gasteiger partial charge in [-0.3, -0.25) is 9.59 Å². The summed E-state index contributed by atoms with van der Waals surface area (Å²) in [6.45, 7) is 2.57. The number of aromatic amines is 1. The van der Waals surface area contributed by atoms with Crippen LogP contribution in [0.1, 0.15) is 101 Å². The largest absolute Gasteiger partial charge is 0.508 e. The highest BCUT2D eigenvalue weighted by molar-refractivity contribution is 5.96. The van der Waals surface area contributed by atoms with E-state index in [1.54, 1.807) is 42.7 Å². The summed E-state index contributed by atoms with van der Waals surface area (Å²) in [6, 6.07) is 30.3. The molecule has 0 saturated carbocycles. The second-order valence-electron chi connectivity index (χ2n) is 14.2.